The summed E-state index contributed by atoms with van der Waals surface area (Å²) in [6, 6.07) is 5.58. The number of halogens is 2. The van der Waals surface area contributed by atoms with E-state index in [0.717, 1.165) is 31.2 Å². The second-order valence-electron chi connectivity index (χ2n) is 6.78. The fourth-order valence-corrected chi connectivity index (χ4v) is 3.78. The van der Waals surface area contributed by atoms with Crippen LogP contribution in [0.3, 0.4) is 0 Å². The smallest absolute Gasteiger partial charge is 0.235 e. The standard InChI is InChI=1S/C18H22Cl2N2O2/c19-13-6-5-12(15(20)11-13)7-10-21-16(23)18(8-9-18)17(24)22-14-3-1-2-4-14/h5-6,11,14H,1-4,7-10H2,(H,21,23)(H,22,24). The Bertz CT molecular complexity index is 638. The second kappa shape index (κ2) is 7.32. The van der Waals surface area contributed by atoms with Crippen molar-refractivity contribution in [3.8, 4) is 0 Å². The van der Waals surface area contributed by atoms with Crippen molar-refractivity contribution in [1.29, 1.82) is 0 Å². The largest absolute Gasteiger partial charge is 0.355 e. The third-order valence-electron chi connectivity index (χ3n) is 5.00. The molecule has 0 aliphatic heterocycles. The van der Waals surface area contributed by atoms with E-state index in [2.05, 4.69) is 10.6 Å². The minimum absolute atomic E-state index is 0.101. The van der Waals surface area contributed by atoms with E-state index < -0.39 is 5.41 Å². The van der Waals surface area contributed by atoms with Crippen LogP contribution in [0.25, 0.3) is 0 Å². The zero-order valence-corrected chi connectivity index (χ0v) is 15.1. The summed E-state index contributed by atoms with van der Waals surface area (Å²) in [6.45, 7) is 0.457. The maximum atomic E-state index is 12.4. The number of amides is 2. The SMILES string of the molecule is O=C(NCCc1ccc(Cl)cc1Cl)C1(C(=O)NC2CCCC2)CC1. The van der Waals surface area contributed by atoms with Crippen LogP contribution in [0.1, 0.15) is 44.1 Å². The topological polar surface area (TPSA) is 58.2 Å². The molecule has 0 bridgehead atoms. The summed E-state index contributed by atoms with van der Waals surface area (Å²) in [6.07, 6.45) is 6.26. The Balaban J connectivity index is 1.50. The molecule has 0 spiro atoms. The quantitative estimate of drug-likeness (QED) is 0.755. The van der Waals surface area contributed by atoms with Gasteiger partial charge < -0.3 is 10.6 Å². The molecule has 130 valence electrons. The van der Waals surface area contributed by atoms with Crippen molar-refractivity contribution in [1.82, 2.24) is 10.6 Å². The Labute approximate surface area is 152 Å². The van der Waals surface area contributed by atoms with Gasteiger partial charge in [0.25, 0.3) is 0 Å². The van der Waals surface area contributed by atoms with Crippen LogP contribution in [0.4, 0.5) is 0 Å². The summed E-state index contributed by atoms with van der Waals surface area (Å²) in [5.74, 6) is -0.264. The highest BCUT2D eigenvalue weighted by Crippen LogP contribution is 2.46. The monoisotopic (exact) mass is 368 g/mol. The number of benzene rings is 1. The van der Waals surface area contributed by atoms with Crippen molar-refractivity contribution in [2.24, 2.45) is 5.41 Å². The van der Waals surface area contributed by atoms with Gasteiger partial charge in [0.2, 0.25) is 11.8 Å². The Morgan fingerprint density at radius 1 is 1.12 bits per heavy atom. The molecule has 2 aliphatic rings. The molecule has 2 fully saturated rings. The second-order valence-corrected chi connectivity index (χ2v) is 7.62. The lowest BCUT2D eigenvalue weighted by atomic mass is 10.0. The first kappa shape index (κ1) is 17.6. The van der Waals surface area contributed by atoms with Gasteiger partial charge in [0.05, 0.1) is 0 Å². The predicted octanol–water partition coefficient (Wildman–Crippen LogP) is 3.49. The van der Waals surface area contributed by atoms with Gasteiger partial charge in [-0.15, -0.1) is 0 Å². The summed E-state index contributed by atoms with van der Waals surface area (Å²) in [4.78, 5) is 24.9. The van der Waals surface area contributed by atoms with Crippen LogP contribution in [0.2, 0.25) is 10.0 Å². The fourth-order valence-electron chi connectivity index (χ4n) is 3.28. The van der Waals surface area contributed by atoms with E-state index in [4.69, 9.17) is 23.2 Å². The van der Waals surface area contributed by atoms with Crippen molar-refractivity contribution >= 4 is 35.0 Å². The molecule has 2 N–H and O–H groups in total. The molecule has 0 atom stereocenters. The Kier molecular flexibility index (Phi) is 5.36. The molecule has 0 unspecified atom stereocenters. The summed E-state index contributed by atoms with van der Waals surface area (Å²) in [5.41, 5.74) is 0.0912. The van der Waals surface area contributed by atoms with Gasteiger partial charge in [0.15, 0.2) is 0 Å². The normalized spacial score (nSPS) is 19.1. The first-order valence-electron chi connectivity index (χ1n) is 8.54. The molecule has 0 saturated heterocycles. The predicted molar refractivity (Wildman–Crippen MR) is 95.2 cm³/mol. The first-order valence-corrected chi connectivity index (χ1v) is 9.30. The molecule has 6 heteroatoms. The van der Waals surface area contributed by atoms with Crippen LogP contribution in [-0.2, 0) is 16.0 Å². The minimum Gasteiger partial charge on any atom is -0.355 e. The van der Waals surface area contributed by atoms with Crippen LogP contribution >= 0.6 is 23.2 Å². The molecule has 2 amide bonds. The molecular weight excluding hydrogens is 347 g/mol. The number of nitrogens with one attached hydrogen (secondary N) is 2. The van der Waals surface area contributed by atoms with E-state index in [1.54, 1.807) is 12.1 Å². The lowest BCUT2D eigenvalue weighted by Crippen LogP contribution is -2.46. The average molecular weight is 369 g/mol. The van der Waals surface area contributed by atoms with E-state index in [9.17, 15) is 9.59 Å². The maximum Gasteiger partial charge on any atom is 0.235 e. The zero-order valence-electron chi connectivity index (χ0n) is 13.5. The number of hydrogen-bond acceptors (Lipinski definition) is 2. The van der Waals surface area contributed by atoms with E-state index in [1.807, 2.05) is 6.07 Å². The lowest BCUT2D eigenvalue weighted by molar-refractivity contribution is -0.137. The third kappa shape index (κ3) is 3.86. The van der Waals surface area contributed by atoms with Gasteiger partial charge in [-0.3, -0.25) is 9.59 Å². The van der Waals surface area contributed by atoms with Crippen molar-refractivity contribution in [2.45, 2.75) is 51.0 Å². The number of hydrogen-bond donors (Lipinski definition) is 2. The van der Waals surface area contributed by atoms with E-state index in [1.165, 1.54) is 0 Å². The highest BCUT2D eigenvalue weighted by Gasteiger charge is 2.56. The van der Waals surface area contributed by atoms with Crippen molar-refractivity contribution < 1.29 is 9.59 Å². The molecule has 1 aromatic rings. The Morgan fingerprint density at radius 2 is 1.83 bits per heavy atom. The van der Waals surface area contributed by atoms with Gasteiger partial charge in [-0.1, -0.05) is 42.1 Å². The molecule has 0 aromatic heterocycles. The highest BCUT2D eigenvalue weighted by atomic mass is 35.5. The number of rotatable bonds is 6. The van der Waals surface area contributed by atoms with Gasteiger partial charge in [-0.05, 0) is 49.8 Å². The van der Waals surface area contributed by atoms with Gasteiger partial charge in [0.1, 0.15) is 5.41 Å². The Morgan fingerprint density at radius 3 is 2.46 bits per heavy atom. The molecule has 0 radical (unpaired) electrons. The average Bonchev–Trinajstić information content (AvgIpc) is 3.21. The van der Waals surface area contributed by atoms with E-state index in [-0.39, 0.29) is 17.9 Å². The molecule has 4 nitrogen and oxygen atoms in total. The molecule has 24 heavy (non-hydrogen) atoms. The van der Waals surface area contributed by atoms with Gasteiger partial charge in [-0.25, -0.2) is 0 Å². The van der Waals surface area contributed by atoms with E-state index in [0.29, 0.717) is 35.9 Å². The lowest BCUT2D eigenvalue weighted by Gasteiger charge is -2.19. The summed E-state index contributed by atoms with van der Waals surface area (Å²) in [7, 11) is 0. The van der Waals surface area contributed by atoms with Gasteiger partial charge in [0, 0.05) is 22.6 Å². The molecular formula is C18H22Cl2N2O2. The number of carbonyl (C=O) groups is 2. The van der Waals surface area contributed by atoms with Crippen molar-refractivity contribution in [3.05, 3.63) is 33.8 Å². The first-order chi connectivity index (χ1) is 11.5. The van der Waals surface area contributed by atoms with Gasteiger partial charge in [-0.2, -0.15) is 0 Å². The zero-order chi connectivity index (χ0) is 17.2. The summed E-state index contributed by atoms with van der Waals surface area (Å²) < 4.78 is 0. The van der Waals surface area contributed by atoms with E-state index >= 15 is 0 Å². The number of carbonyl (C=O) groups excluding carboxylic acids is 2. The summed E-state index contributed by atoms with van der Waals surface area (Å²) in [5, 5.41) is 7.13. The van der Waals surface area contributed by atoms with Gasteiger partial charge >= 0.3 is 0 Å². The van der Waals surface area contributed by atoms with Crippen LogP contribution < -0.4 is 10.6 Å². The van der Waals surface area contributed by atoms with Crippen LogP contribution in [0.5, 0.6) is 0 Å². The van der Waals surface area contributed by atoms with Crippen LogP contribution in [-0.4, -0.2) is 24.4 Å². The molecule has 0 heterocycles. The molecule has 2 saturated carbocycles. The fraction of sp³-hybridized carbons (Fsp3) is 0.556. The third-order valence-corrected chi connectivity index (χ3v) is 5.59. The highest BCUT2D eigenvalue weighted by molar-refractivity contribution is 6.35. The molecule has 1 aromatic carbocycles. The van der Waals surface area contributed by atoms with Crippen molar-refractivity contribution in [2.75, 3.05) is 6.54 Å². The van der Waals surface area contributed by atoms with Crippen LogP contribution in [0.15, 0.2) is 18.2 Å². The van der Waals surface area contributed by atoms with Crippen molar-refractivity contribution in [3.63, 3.8) is 0 Å². The maximum absolute atomic E-state index is 12.4. The van der Waals surface area contributed by atoms with Crippen LogP contribution in [0, 0.1) is 5.41 Å². The minimum atomic E-state index is -0.841. The summed E-state index contributed by atoms with van der Waals surface area (Å²) >= 11 is 12.0. The molecule has 3 rings (SSSR count). The molecule has 2 aliphatic carbocycles. The Hall–Kier alpha value is -1.26.